The maximum Gasteiger partial charge on any atom is 0.341 e. The Labute approximate surface area is 154 Å². The van der Waals surface area contributed by atoms with Crippen molar-refractivity contribution >= 4 is 21.4 Å². The van der Waals surface area contributed by atoms with Crippen LogP contribution in [0.1, 0.15) is 24.2 Å². The summed E-state index contributed by atoms with van der Waals surface area (Å²) in [5.74, 6) is -4.58. The molecule has 0 saturated heterocycles. The predicted octanol–water partition coefficient (Wildman–Crippen LogP) is 2.52. The summed E-state index contributed by atoms with van der Waals surface area (Å²) < 4.78 is 59.8. The molecule has 146 valence electrons. The first-order valence-electron chi connectivity index (χ1n) is 7.86. The van der Waals surface area contributed by atoms with Crippen LogP contribution < -0.4 is 14.8 Å². The van der Waals surface area contributed by atoms with Gasteiger partial charge in [0, 0.05) is 0 Å². The number of rotatable bonds is 8. The zero-order valence-electron chi connectivity index (χ0n) is 14.5. The molecule has 0 spiro atoms. The van der Waals surface area contributed by atoms with Gasteiger partial charge in [-0.3, -0.25) is 4.79 Å². The maximum absolute atomic E-state index is 12.9. The average Bonchev–Trinajstić information content (AvgIpc) is 2.64. The molecule has 2 rings (SSSR count). The molecular formula is C16H17F2N3O5S. The Morgan fingerprint density at radius 3 is 2.48 bits per heavy atom. The van der Waals surface area contributed by atoms with Crippen molar-refractivity contribution in [2.45, 2.75) is 24.5 Å². The number of nitrogens with one attached hydrogen (secondary N) is 1. The number of alkyl halides is 2. The number of amides is 1. The molecular weight excluding hydrogens is 384 g/mol. The lowest BCUT2D eigenvalue weighted by atomic mass is 10.2. The van der Waals surface area contributed by atoms with Gasteiger partial charge in [-0.2, -0.15) is 13.8 Å². The van der Waals surface area contributed by atoms with Crippen LogP contribution in [0.4, 0.5) is 14.5 Å². The first-order chi connectivity index (χ1) is 12.8. The highest BCUT2D eigenvalue weighted by atomic mass is 32.2. The van der Waals surface area contributed by atoms with Crippen molar-refractivity contribution in [3.8, 4) is 11.9 Å². The molecule has 0 aliphatic rings. The topological polar surface area (TPSA) is 107 Å². The molecule has 0 unspecified atom stereocenters. The minimum absolute atomic E-state index is 0.00139. The van der Waals surface area contributed by atoms with E-state index in [0.717, 1.165) is 12.1 Å². The van der Waals surface area contributed by atoms with Crippen molar-refractivity contribution in [3.05, 3.63) is 36.0 Å². The Bertz CT molecular complexity index is 922. The summed E-state index contributed by atoms with van der Waals surface area (Å²) in [5.41, 5.74) is -0.399. The molecule has 8 nitrogen and oxygen atoms in total. The lowest BCUT2D eigenvalue weighted by molar-refractivity contribution is 0.102. The standard InChI is InChI=1S/C16H17F2N3O5S/c1-3-25-14-11(9-19-16(21-14)26-4-2)20-13(22)10-7-5-6-8-12(10)27(23,24)15(17)18/h5-9,15H,3-4H2,1-2H3,(H,20,22). The van der Waals surface area contributed by atoms with E-state index in [1.807, 2.05) is 0 Å². The summed E-state index contributed by atoms with van der Waals surface area (Å²) in [6.07, 6.45) is 1.21. The predicted molar refractivity (Wildman–Crippen MR) is 92.0 cm³/mol. The minimum Gasteiger partial charge on any atom is -0.476 e. The molecule has 0 atom stereocenters. The molecule has 1 N–H and O–H groups in total. The van der Waals surface area contributed by atoms with E-state index in [4.69, 9.17) is 9.47 Å². The molecule has 0 saturated carbocycles. The van der Waals surface area contributed by atoms with Gasteiger partial charge in [0.2, 0.25) is 15.7 Å². The molecule has 0 fully saturated rings. The van der Waals surface area contributed by atoms with E-state index < -0.39 is 32.0 Å². The van der Waals surface area contributed by atoms with E-state index in [0.29, 0.717) is 6.61 Å². The van der Waals surface area contributed by atoms with Gasteiger partial charge in [-0.1, -0.05) is 12.1 Å². The zero-order chi connectivity index (χ0) is 20.0. The number of aromatic nitrogens is 2. The van der Waals surface area contributed by atoms with Gasteiger partial charge in [0.25, 0.3) is 5.91 Å². The summed E-state index contributed by atoms with van der Waals surface area (Å²) in [7, 11) is -4.96. The third kappa shape index (κ3) is 4.67. The monoisotopic (exact) mass is 401 g/mol. The second kappa shape index (κ2) is 8.71. The Balaban J connectivity index is 2.39. The van der Waals surface area contributed by atoms with Crippen LogP contribution in [0.15, 0.2) is 35.4 Å². The van der Waals surface area contributed by atoms with E-state index in [9.17, 15) is 22.0 Å². The van der Waals surface area contributed by atoms with Crippen LogP contribution in [0.2, 0.25) is 0 Å². The van der Waals surface area contributed by atoms with Crippen molar-refractivity contribution in [1.82, 2.24) is 9.97 Å². The summed E-state index contributed by atoms with van der Waals surface area (Å²) in [6, 6.07) is 4.70. The smallest absolute Gasteiger partial charge is 0.341 e. The van der Waals surface area contributed by atoms with Gasteiger partial charge < -0.3 is 14.8 Å². The van der Waals surface area contributed by atoms with Crippen LogP contribution in [0.5, 0.6) is 11.9 Å². The van der Waals surface area contributed by atoms with Gasteiger partial charge in [-0.25, -0.2) is 13.4 Å². The van der Waals surface area contributed by atoms with E-state index in [-0.39, 0.29) is 24.2 Å². The van der Waals surface area contributed by atoms with E-state index in [1.54, 1.807) is 13.8 Å². The molecule has 11 heteroatoms. The summed E-state index contributed by atoms with van der Waals surface area (Å²) in [6.45, 7) is 3.97. The highest BCUT2D eigenvalue weighted by Gasteiger charge is 2.31. The molecule has 2 aromatic rings. The number of carbonyl (C=O) groups excluding carboxylic acids is 1. The Morgan fingerprint density at radius 2 is 1.85 bits per heavy atom. The molecule has 1 aromatic carbocycles. The SMILES string of the molecule is CCOc1ncc(NC(=O)c2ccccc2S(=O)(=O)C(F)F)c(OCC)n1. The number of hydrogen-bond donors (Lipinski definition) is 1. The highest BCUT2D eigenvalue weighted by Crippen LogP contribution is 2.26. The number of benzene rings is 1. The minimum atomic E-state index is -4.96. The van der Waals surface area contributed by atoms with Crippen LogP contribution in [-0.2, 0) is 9.84 Å². The van der Waals surface area contributed by atoms with Crippen molar-refractivity contribution < 1.29 is 31.5 Å². The van der Waals surface area contributed by atoms with Crippen LogP contribution >= 0.6 is 0 Å². The second-order valence-corrected chi connectivity index (χ2v) is 6.88. The van der Waals surface area contributed by atoms with Gasteiger partial charge in [0.15, 0.2) is 0 Å². The fourth-order valence-corrected chi connectivity index (χ4v) is 3.00. The molecule has 0 aliphatic heterocycles. The Morgan fingerprint density at radius 1 is 1.19 bits per heavy atom. The number of nitrogens with zero attached hydrogens (tertiary/aromatic N) is 2. The largest absolute Gasteiger partial charge is 0.476 e. The van der Waals surface area contributed by atoms with Gasteiger partial charge in [0.1, 0.15) is 5.69 Å². The Kier molecular flexibility index (Phi) is 6.61. The molecule has 0 bridgehead atoms. The molecule has 0 radical (unpaired) electrons. The van der Waals surface area contributed by atoms with Gasteiger partial charge in [-0.15, -0.1) is 0 Å². The fraction of sp³-hybridized carbons (Fsp3) is 0.312. The third-order valence-corrected chi connectivity index (χ3v) is 4.65. The Hall–Kier alpha value is -2.82. The van der Waals surface area contributed by atoms with Crippen LogP contribution in [0.3, 0.4) is 0 Å². The third-order valence-electron chi connectivity index (χ3n) is 3.21. The van der Waals surface area contributed by atoms with Crippen molar-refractivity contribution in [1.29, 1.82) is 0 Å². The maximum atomic E-state index is 12.9. The van der Waals surface area contributed by atoms with Gasteiger partial charge in [0.05, 0.1) is 29.9 Å². The van der Waals surface area contributed by atoms with E-state index in [2.05, 4.69) is 15.3 Å². The molecule has 27 heavy (non-hydrogen) atoms. The lowest BCUT2D eigenvalue weighted by Crippen LogP contribution is -2.20. The van der Waals surface area contributed by atoms with Crippen molar-refractivity contribution in [2.75, 3.05) is 18.5 Å². The summed E-state index contributed by atoms with van der Waals surface area (Å²) in [4.78, 5) is 19.6. The highest BCUT2D eigenvalue weighted by molar-refractivity contribution is 7.91. The van der Waals surface area contributed by atoms with Crippen molar-refractivity contribution in [2.24, 2.45) is 0 Å². The number of carbonyl (C=O) groups is 1. The normalized spacial score (nSPS) is 11.3. The molecule has 1 heterocycles. The first kappa shape index (κ1) is 20.5. The zero-order valence-corrected chi connectivity index (χ0v) is 15.3. The first-order valence-corrected chi connectivity index (χ1v) is 9.40. The van der Waals surface area contributed by atoms with Crippen LogP contribution in [-0.4, -0.2) is 43.3 Å². The number of sulfone groups is 1. The van der Waals surface area contributed by atoms with Gasteiger partial charge >= 0.3 is 11.8 Å². The van der Waals surface area contributed by atoms with Crippen LogP contribution in [0.25, 0.3) is 0 Å². The van der Waals surface area contributed by atoms with Crippen LogP contribution in [0, 0.1) is 0 Å². The number of ether oxygens (including phenoxy) is 2. The molecule has 1 amide bonds. The average molecular weight is 401 g/mol. The van der Waals surface area contributed by atoms with E-state index >= 15 is 0 Å². The number of halogens is 2. The summed E-state index contributed by atoms with van der Waals surface area (Å²) >= 11 is 0. The fourth-order valence-electron chi connectivity index (χ4n) is 2.07. The number of anilines is 1. The lowest BCUT2D eigenvalue weighted by Gasteiger charge is -2.13. The van der Waals surface area contributed by atoms with Gasteiger partial charge in [-0.05, 0) is 26.0 Å². The summed E-state index contributed by atoms with van der Waals surface area (Å²) in [5, 5.41) is 2.38. The molecule has 1 aromatic heterocycles. The van der Waals surface area contributed by atoms with Crippen molar-refractivity contribution in [3.63, 3.8) is 0 Å². The molecule has 0 aliphatic carbocycles. The second-order valence-electron chi connectivity index (χ2n) is 4.99. The number of hydrogen-bond acceptors (Lipinski definition) is 7. The quantitative estimate of drug-likeness (QED) is 0.724. The van der Waals surface area contributed by atoms with E-state index in [1.165, 1.54) is 18.3 Å².